The molecule has 0 fully saturated rings. The van der Waals surface area contributed by atoms with E-state index in [1.165, 1.54) is 0 Å². The Labute approximate surface area is 109 Å². The number of carboxylic acids is 1. The van der Waals surface area contributed by atoms with E-state index >= 15 is 0 Å². The van der Waals surface area contributed by atoms with Crippen molar-refractivity contribution in [3.05, 3.63) is 0 Å². The van der Waals surface area contributed by atoms with Crippen LogP contribution in [0.4, 0.5) is 0 Å². The molecule has 106 valence electrons. The van der Waals surface area contributed by atoms with Gasteiger partial charge in [0, 0.05) is 0 Å². The number of aliphatic carboxylic acids is 1. The van der Waals surface area contributed by atoms with E-state index in [0.717, 1.165) is 0 Å². The number of esters is 1. The Kier molecular flexibility index (Phi) is 5.80. The van der Waals surface area contributed by atoms with E-state index in [1.807, 2.05) is 20.8 Å². The third-order valence-corrected chi connectivity index (χ3v) is 2.03. The molecule has 5 heteroatoms. The van der Waals surface area contributed by atoms with E-state index in [1.54, 1.807) is 20.8 Å². The van der Waals surface area contributed by atoms with E-state index in [2.05, 4.69) is 5.32 Å². The summed E-state index contributed by atoms with van der Waals surface area (Å²) in [6, 6.07) is -0.738. The van der Waals surface area contributed by atoms with Gasteiger partial charge in [-0.15, -0.1) is 0 Å². The Hall–Kier alpha value is -1.10. The molecule has 18 heavy (non-hydrogen) atoms. The molecule has 0 saturated carbocycles. The lowest BCUT2D eigenvalue weighted by Crippen LogP contribution is -2.43. The standard InChI is InChI=1S/C13H25NO4/c1-12(2,3)7-9(11(16)17)14-8-10(15)18-13(4,5)6/h9,14H,7-8H2,1-6H3,(H,16,17)/t9-/m1/s1. The monoisotopic (exact) mass is 259 g/mol. The molecular weight excluding hydrogens is 234 g/mol. The molecule has 0 aromatic rings. The van der Waals surface area contributed by atoms with Crippen molar-refractivity contribution < 1.29 is 19.4 Å². The van der Waals surface area contributed by atoms with Gasteiger partial charge in [-0.1, -0.05) is 20.8 Å². The minimum atomic E-state index is -0.950. The molecule has 0 aromatic heterocycles. The van der Waals surface area contributed by atoms with Gasteiger partial charge in [0.15, 0.2) is 0 Å². The molecule has 0 radical (unpaired) electrons. The summed E-state index contributed by atoms with van der Waals surface area (Å²) in [4.78, 5) is 22.5. The zero-order valence-corrected chi connectivity index (χ0v) is 12.2. The maximum Gasteiger partial charge on any atom is 0.320 e. The Balaban J connectivity index is 4.29. The average Bonchev–Trinajstić information content (AvgIpc) is 2.06. The Morgan fingerprint density at radius 1 is 1.17 bits per heavy atom. The van der Waals surface area contributed by atoms with Crippen LogP contribution in [-0.2, 0) is 14.3 Å². The molecule has 0 aliphatic rings. The number of hydrogen-bond donors (Lipinski definition) is 2. The predicted molar refractivity (Wildman–Crippen MR) is 69.3 cm³/mol. The van der Waals surface area contributed by atoms with Crippen molar-refractivity contribution in [2.75, 3.05) is 6.54 Å². The normalized spacial score (nSPS) is 14.1. The highest BCUT2D eigenvalue weighted by atomic mass is 16.6. The fourth-order valence-electron chi connectivity index (χ4n) is 1.44. The highest BCUT2D eigenvalue weighted by Crippen LogP contribution is 2.20. The molecule has 2 N–H and O–H groups in total. The van der Waals surface area contributed by atoms with Crippen LogP contribution in [0.2, 0.25) is 0 Å². The maximum absolute atomic E-state index is 11.5. The SMILES string of the molecule is CC(C)(C)C[C@@H](NCC(=O)OC(C)(C)C)C(=O)O. The first kappa shape index (κ1) is 16.9. The van der Waals surface area contributed by atoms with Crippen molar-refractivity contribution in [2.24, 2.45) is 5.41 Å². The summed E-state index contributed by atoms with van der Waals surface area (Å²) in [5, 5.41) is 11.8. The fourth-order valence-corrected chi connectivity index (χ4v) is 1.44. The van der Waals surface area contributed by atoms with Gasteiger partial charge in [-0.2, -0.15) is 0 Å². The highest BCUT2D eigenvalue weighted by Gasteiger charge is 2.25. The second-order valence-electron chi connectivity index (χ2n) is 6.62. The van der Waals surface area contributed by atoms with E-state index in [-0.39, 0.29) is 12.0 Å². The van der Waals surface area contributed by atoms with Crippen LogP contribution in [0, 0.1) is 5.41 Å². The molecule has 0 aromatic carbocycles. The molecule has 0 amide bonds. The van der Waals surface area contributed by atoms with Crippen LogP contribution in [0.5, 0.6) is 0 Å². The quantitative estimate of drug-likeness (QED) is 0.736. The third kappa shape index (κ3) is 8.98. The lowest BCUT2D eigenvalue weighted by molar-refractivity contribution is -0.154. The second kappa shape index (κ2) is 6.18. The zero-order chi connectivity index (χ0) is 14.6. The Morgan fingerprint density at radius 2 is 1.67 bits per heavy atom. The third-order valence-electron chi connectivity index (χ3n) is 2.03. The van der Waals surface area contributed by atoms with Gasteiger partial charge < -0.3 is 9.84 Å². The summed E-state index contributed by atoms with van der Waals surface area (Å²) in [7, 11) is 0. The molecule has 0 spiro atoms. The molecule has 0 saturated heterocycles. The van der Waals surface area contributed by atoms with Crippen LogP contribution in [0.15, 0.2) is 0 Å². The van der Waals surface area contributed by atoms with Crippen molar-refractivity contribution >= 4 is 11.9 Å². The first-order chi connectivity index (χ1) is 7.91. The van der Waals surface area contributed by atoms with Crippen LogP contribution in [0.25, 0.3) is 0 Å². The smallest absolute Gasteiger partial charge is 0.320 e. The molecule has 0 aliphatic heterocycles. The number of ether oxygens (including phenoxy) is 1. The van der Waals surface area contributed by atoms with Crippen LogP contribution < -0.4 is 5.32 Å². The van der Waals surface area contributed by atoms with E-state index in [4.69, 9.17) is 9.84 Å². The molecule has 1 atom stereocenters. The molecule has 0 aliphatic carbocycles. The first-order valence-electron chi connectivity index (χ1n) is 6.09. The molecule has 0 rings (SSSR count). The minimum Gasteiger partial charge on any atom is -0.480 e. The van der Waals surface area contributed by atoms with Gasteiger partial charge in [0.2, 0.25) is 0 Å². The van der Waals surface area contributed by atoms with Crippen LogP contribution in [-0.4, -0.2) is 35.2 Å². The largest absolute Gasteiger partial charge is 0.480 e. The van der Waals surface area contributed by atoms with Crippen LogP contribution in [0.3, 0.4) is 0 Å². The number of carbonyl (C=O) groups excluding carboxylic acids is 1. The minimum absolute atomic E-state index is 0.0929. The summed E-state index contributed by atoms with van der Waals surface area (Å²) in [6.45, 7) is 11.1. The number of carbonyl (C=O) groups is 2. The average molecular weight is 259 g/mol. The molecule has 0 heterocycles. The van der Waals surface area contributed by atoms with Crippen molar-refractivity contribution in [3.8, 4) is 0 Å². The summed E-state index contributed by atoms with van der Waals surface area (Å²) in [5.74, 6) is -1.39. The van der Waals surface area contributed by atoms with E-state index in [0.29, 0.717) is 6.42 Å². The molecule has 0 unspecified atom stereocenters. The topological polar surface area (TPSA) is 75.6 Å². The zero-order valence-electron chi connectivity index (χ0n) is 12.2. The summed E-state index contributed by atoms with van der Waals surface area (Å²) in [6.07, 6.45) is 0.450. The number of carboxylic acid groups (broad SMARTS) is 1. The maximum atomic E-state index is 11.5. The van der Waals surface area contributed by atoms with E-state index < -0.39 is 23.6 Å². The lowest BCUT2D eigenvalue weighted by atomic mass is 9.88. The Bertz CT molecular complexity index is 299. The van der Waals surface area contributed by atoms with Crippen molar-refractivity contribution in [1.29, 1.82) is 0 Å². The lowest BCUT2D eigenvalue weighted by Gasteiger charge is -2.25. The van der Waals surface area contributed by atoms with E-state index in [9.17, 15) is 9.59 Å². The summed E-state index contributed by atoms with van der Waals surface area (Å²) in [5.41, 5.74) is -0.675. The van der Waals surface area contributed by atoms with Gasteiger partial charge in [0.05, 0.1) is 6.54 Å². The van der Waals surface area contributed by atoms with Gasteiger partial charge in [-0.25, -0.2) is 0 Å². The Morgan fingerprint density at radius 3 is 2.00 bits per heavy atom. The number of nitrogens with one attached hydrogen (secondary N) is 1. The molecule has 0 bridgehead atoms. The predicted octanol–water partition coefficient (Wildman–Crippen LogP) is 1.81. The second-order valence-corrected chi connectivity index (χ2v) is 6.62. The molecular formula is C13H25NO4. The van der Waals surface area contributed by atoms with Gasteiger partial charge in [-0.3, -0.25) is 14.9 Å². The van der Waals surface area contributed by atoms with Gasteiger partial charge in [0.25, 0.3) is 0 Å². The van der Waals surface area contributed by atoms with Gasteiger partial charge in [0.1, 0.15) is 11.6 Å². The van der Waals surface area contributed by atoms with Crippen molar-refractivity contribution in [1.82, 2.24) is 5.32 Å². The summed E-state index contributed by atoms with van der Waals surface area (Å²) < 4.78 is 5.10. The van der Waals surface area contributed by atoms with Crippen LogP contribution in [0.1, 0.15) is 48.0 Å². The number of rotatable bonds is 5. The van der Waals surface area contributed by atoms with Crippen LogP contribution >= 0.6 is 0 Å². The fraction of sp³-hybridized carbons (Fsp3) is 0.846. The van der Waals surface area contributed by atoms with Gasteiger partial charge in [-0.05, 0) is 32.6 Å². The number of hydrogen-bond acceptors (Lipinski definition) is 4. The van der Waals surface area contributed by atoms with Gasteiger partial charge >= 0.3 is 11.9 Å². The highest BCUT2D eigenvalue weighted by molar-refractivity contribution is 5.76. The van der Waals surface area contributed by atoms with Crippen molar-refractivity contribution in [3.63, 3.8) is 0 Å². The summed E-state index contributed by atoms with van der Waals surface area (Å²) >= 11 is 0. The van der Waals surface area contributed by atoms with Crippen molar-refractivity contribution in [2.45, 2.75) is 59.6 Å². The molecule has 5 nitrogen and oxygen atoms in total. The first-order valence-corrected chi connectivity index (χ1v) is 6.09.